The topological polar surface area (TPSA) is 55.9 Å². The first kappa shape index (κ1) is 14.3. The lowest BCUT2D eigenvalue weighted by Gasteiger charge is -2.37. The maximum atomic E-state index is 12.3. The average molecular weight is 268 g/mol. The molecule has 0 aromatic rings. The first-order valence-corrected chi connectivity index (χ1v) is 7.00. The Morgan fingerprint density at radius 3 is 2.89 bits per heavy atom. The number of hydrogen-bond donors (Lipinski definition) is 1. The fourth-order valence-corrected chi connectivity index (χ4v) is 2.68. The molecular weight excluding hydrogens is 244 g/mol. The van der Waals surface area contributed by atoms with Crippen molar-refractivity contribution in [2.24, 2.45) is 0 Å². The van der Waals surface area contributed by atoms with Crippen molar-refractivity contribution < 1.29 is 9.59 Å². The van der Waals surface area contributed by atoms with Gasteiger partial charge in [0.1, 0.15) is 0 Å². The molecule has 108 valence electrons. The van der Waals surface area contributed by atoms with Crippen LogP contribution < -0.4 is 5.32 Å². The van der Waals surface area contributed by atoms with Crippen molar-refractivity contribution in [2.75, 3.05) is 53.4 Å². The molecule has 1 atom stereocenters. The Labute approximate surface area is 114 Å². The van der Waals surface area contributed by atoms with E-state index in [2.05, 4.69) is 24.3 Å². The van der Waals surface area contributed by atoms with Crippen molar-refractivity contribution in [1.29, 1.82) is 0 Å². The molecule has 2 amide bonds. The largest absolute Gasteiger partial charge is 0.340 e. The quantitative estimate of drug-likeness (QED) is 0.711. The van der Waals surface area contributed by atoms with Crippen molar-refractivity contribution in [2.45, 2.75) is 18.9 Å². The van der Waals surface area contributed by atoms with Gasteiger partial charge in [-0.1, -0.05) is 0 Å². The predicted octanol–water partition coefficient (Wildman–Crippen LogP) is -1.03. The molecule has 0 aromatic heterocycles. The molecule has 0 saturated carbocycles. The SMILES string of the molecule is CN(C)C1CCCN(C(=O)CN2CCNCC2=O)C1. The van der Waals surface area contributed by atoms with Crippen LogP contribution in [-0.2, 0) is 9.59 Å². The molecule has 19 heavy (non-hydrogen) atoms. The van der Waals surface area contributed by atoms with Gasteiger partial charge in [0.2, 0.25) is 11.8 Å². The fourth-order valence-electron chi connectivity index (χ4n) is 2.68. The zero-order valence-corrected chi connectivity index (χ0v) is 11.9. The van der Waals surface area contributed by atoms with Crippen LogP contribution >= 0.6 is 0 Å². The van der Waals surface area contributed by atoms with Gasteiger partial charge in [-0.2, -0.15) is 0 Å². The highest BCUT2D eigenvalue weighted by Gasteiger charge is 2.27. The van der Waals surface area contributed by atoms with Gasteiger partial charge in [-0.05, 0) is 26.9 Å². The Morgan fingerprint density at radius 1 is 1.42 bits per heavy atom. The van der Waals surface area contributed by atoms with Crippen LogP contribution in [0.3, 0.4) is 0 Å². The normalized spacial score (nSPS) is 25.0. The minimum atomic E-state index is 0.0285. The van der Waals surface area contributed by atoms with Gasteiger partial charge in [-0.3, -0.25) is 9.59 Å². The second kappa shape index (κ2) is 6.34. The van der Waals surface area contributed by atoms with Gasteiger partial charge >= 0.3 is 0 Å². The standard InChI is InChI=1S/C13H24N4O2/c1-15(2)11-4-3-6-16(9-11)13(19)10-17-7-5-14-8-12(17)18/h11,14H,3-10H2,1-2H3. The number of piperazine rings is 1. The van der Waals surface area contributed by atoms with Crippen LogP contribution in [0.1, 0.15) is 12.8 Å². The van der Waals surface area contributed by atoms with Crippen LogP contribution in [0.4, 0.5) is 0 Å². The van der Waals surface area contributed by atoms with Crippen molar-refractivity contribution in [3.8, 4) is 0 Å². The molecule has 2 aliphatic heterocycles. The van der Waals surface area contributed by atoms with Gasteiger partial charge in [0, 0.05) is 32.2 Å². The Kier molecular flexibility index (Phi) is 4.76. The number of carbonyl (C=O) groups is 2. The van der Waals surface area contributed by atoms with E-state index in [1.807, 2.05) is 4.90 Å². The molecule has 0 bridgehead atoms. The van der Waals surface area contributed by atoms with Crippen LogP contribution in [0.5, 0.6) is 0 Å². The molecule has 1 unspecified atom stereocenters. The van der Waals surface area contributed by atoms with Gasteiger partial charge in [0.15, 0.2) is 0 Å². The highest BCUT2D eigenvalue weighted by Crippen LogP contribution is 2.14. The molecule has 0 aliphatic carbocycles. The van der Waals surface area contributed by atoms with Crippen molar-refractivity contribution in [1.82, 2.24) is 20.0 Å². The second-order valence-electron chi connectivity index (χ2n) is 5.59. The summed E-state index contributed by atoms with van der Waals surface area (Å²) in [7, 11) is 4.11. The molecule has 2 saturated heterocycles. The number of nitrogens with one attached hydrogen (secondary N) is 1. The molecule has 0 radical (unpaired) electrons. The maximum Gasteiger partial charge on any atom is 0.242 e. The Hall–Kier alpha value is -1.14. The van der Waals surface area contributed by atoms with Crippen molar-refractivity contribution in [3.05, 3.63) is 0 Å². The zero-order chi connectivity index (χ0) is 13.8. The summed E-state index contributed by atoms with van der Waals surface area (Å²) in [6.45, 7) is 3.61. The zero-order valence-electron chi connectivity index (χ0n) is 11.9. The monoisotopic (exact) mass is 268 g/mol. The molecule has 0 aromatic carbocycles. The lowest BCUT2D eigenvalue weighted by atomic mass is 10.0. The van der Waals surface area contributed by atoms with E-state index in [4.69, 9.17) is 0 Å². The minimum Gasteiger partial charge on any atom is -0.340 e. The van der Waals surface area contributed by atoms with E-state index in [0.717, 1.165) is 32.5 Å². The maximum absolute atomic E-state index is 12.3. The van der Waals surface area contributed by atoms with Gasteiger partial charge in [-0.15, -0.1) is 0 Å². The number of nitrogens with zero attached hydrogens (tertiary/aromatic N) is 3. The summed E-state index contributed by atoms with van der Waals surface area (Å²) in [5, 5.41) is 3.02. The van der Waals surface area contributed by atoms with Crippen LogP contribution in [-0.4, -0.2) is 85.9 Å². The number of amides is 2. The van der Waals surface area contributed by atoms with Crippen molar-refractivity contribution in [3.63, 3.8) is 0 Å². The minimum absolute atomic E-state index is 0.0285. The number of likely N-dealkylation sites (tertiary alicyclic amines) is 1. The lowest BCUT2D eigenvalue weighted by Crippen LogP contribution is -2.54. The van der Waals surface area contributed by atoms with E-state index in [1.165, 1.54) is 0 Å². The summed E-state index contributed by atoms with van der Waals surface area (Å²) in [6.07, 6.45) is 2.19. The molecule has 1 N–H and O–H groups in total. The number of likely N-dealkylation sites (N-methyl/N-ethyl adjacent to an activating group) is 1. The Bertz CT molecular complexity index is 346. The average Bonchev–Trinajstić information content (AvgIpc) is 2.41. The van der Waals surface area contributed by atoms with Gasteiger partial charge in [0.25, 0.3) is 0 Å². The van der Waals surface area contributed by atoms with E-state index >= 15 is 0 Å². The summed E-state index contributed by atoms with van der Waals surface area (Å²) in [5.41, 5.74) is 0. The molecule has 6 nitrogen and oxygen atoms in total. The third kappa shape index (κ3) is 3.67. The number of carbonyl (C=O) groups excluding carboxylic acids is 2. The number of hydrogen-bond acceptors (Lipinski definition) is 4. The van der Waals surface area contributed by atoms with E-state index < -0.39 is 0 Å². The summed E-state index contributed by atoms with van der Waals surface area (Å²) >= 11 is 0. The van der Waals surface area contributed by atoms with Crippen molar-refractivity contribution >= 4 is 11.8 Å². The third-order valence-electron chi connectivity index (χ3n) is 3.99. The Balaban J connectivity index is 1.86. The highest BCUT2D eigenvalue weighted by atomic mass is 16.2. The van der Waals surface area contributed by atoms with E-state index in [1.54, 1.807) is 4.90 Å². The third-order valence-corrected chi connectivity index (χ3v) is 3.99. The molecule has 2 aliphatic rings. The number of piperidine rings is 1. The molecule has 6 heteroatoms. The second-order valence-corrected chi connectivity index (χ2v) is 5.59. The smallest absolute Gasteiger partial charge is 0.242 e. The molecule has 2 fully saturated rings. The van der Waals surface area contributed by atoms with Crippen LogP contribution in [0.15, 0.2) is 0 Å². The predicted molar refractivity (Wildman–Crippen MR) is 72.7 cm³/mol. The van der Waals surface area contributed by atoms with Gasteiger partial charge in [-0.25, -0.2) is 0 Å². The van der Waals surface area contributed by atoms with Crippen LogP contribution in [0.25, 0.3) is 0 Å². The molecular formula is C13H24N4O2. The molecule has 2 heterocycles. The first-order chi connectivity index (χ1) is 9.08. The molecule has 0 spiro atoms. The van der Waals surface area contributed by atoms with E-state index in [0.29, 0.717) is 19.1 Å². The van der Waals surface area contributed by atoms with Gasteiger partial charge < -0.3 is 20.0 Å². The van der Waals surface area contributed by atoms with E-state index in [-0.39, 0.29) is 18.4 Å². The Morgan fingerprint density at radius 2 is 2.21 bits per heavy atom. The summed E-state index contributed by atoms with van der Waals surface area (Å²) in [4.78, 5) is 29.7. The van der Waals surface area contributed by atoms with Gasteiger partial charge in [0.05, 0.1) is 13.1 Å². The molecule has 2 rings (SSSR count). The highest BCUT2D eigenvalue weighted by molar-refractivity contribution is 5.86. The fraction of sp³-hybridized carbons (Fsp3) is 0.846. The van der Waals surface area contributed by atoms with E-state index in [9.17, 15) is 9.59 Å². The summed E-state index contributed by atoms with van der Waals surface area (Å²) in [5.74, 6) is 0.113. The summed E-state index contributed by atoms with van der Waals surface area (Å²) < 4.78 is 0. The first-order valence-electron chi connectivity index (χ1n) is 7.00. The lowest BCUT2D eigenvalue weighted by molar-refractivity contribution is -0.142. The summed E-state index contributed by atoms with van der Waals surface area (Å²) in [6, 6.07) is 0.441. The van der Waals surface area contributed by atoms with Crippen LogP contribution in [0, 0.1) is 0 Å². The number of rotatable bonds is 3. The van der Waals surface area contributed by atoms with Crippen LogP contribution in [0.2, 0.25) is 0 Å².